The van der Waals surface area contributed by atoms with Gasteiger partial charge in [0.15, 0.2) is 0 Å². The number of hydrogen-bond acceptors (Lipinski definition) is 3. The lowest BCUT2D eigenvalue weighted by atomic mass is 10.1. The molecular formula is C15H16FNO2. The van der Waals surface area contributed by atoms with Gasteiger partial charge >= 0.3 is 0 Å². The van der Waals surface area contributed by atoms with Crippen LogP contribution in [0.1, 0.15) is 18.5 Å². The van der Waals surface area contributed by atoms with Crippen LogP contribution < -0.4 is 10.1 Å². The molecule has 2 rings (SSSR count). The number of aromatic hydroxyl groups is 1. The van der Waals surface area contributed by atoms with E-state index in [1.807, 2.05) is 6.92 Å². The third-order valence-electron chi connectivity index (χ3n) is 2.91. The lowest BCUT2D eigenvalue weighted by Gasteiger charge is -2.17. The minimum Gasteiger partial charge on any atom is -0.507 e. The molecule has 0 aliphatic rings. The molecule has 0 saturated carbocycles. The van der Waals surface area contributed by atoms with E-state index in [-0.39, 0.29) is 17.6 Å². The summed E-state index contributed by atoms with van der Waals surface area (Å²) in [7, 11) is 1.54. The second kappa shape index (κ2) is 5.61. The van der Waals surface area contributed by atoms with E-state index in [9.17, 15) is 9.50 Å². The van der Waals surface area contributed by atoms with Crippen molar-refractivity contribution >= 4 is 5.69 Å². The molecule has 0 bridgehead atoms. The van der Waals surface area contributed by atoms with E-state index >= 15 is 0 Å². The Hall–Kier alpha value is -2.23. The van der Waals surface area contributed by atoms with Crippen LogP contribution >= 0.6 is 0 Å². The summed E-state index contributed by atoms with van der Waals surface area (Å²) >= 11 is 0. The maximum absolute atomic E-state index is 13.1. The Labute approximate surface area is 111 Å². The number of halogens is 1. The standard InChI is InChI=1S/C15H16FNO2/c1-10(17-12-5-3-4-11(16)8-12)14-7-6-13(19-2)9-15(14)18/h3-10,17-18H,1-2H3. The highest BCUT2D eigenvalue weighted by atomic mass is 19.1. The van der Waals surface area contributed by atoms with Crippen molar-refractivity contribution < 1.29 is 14.2 Å². The van der Waals surface area contributed by atoms with E-state index in [1.165, 1.54) is 12.1 Å². The van der Waals surface area contributed by atoms with E-state index in [2.05, 4.69) is 5.32 Å². The van der Waals surface area contributed by atoms with Crippen LogP contribution in [0.15, 0.2) is 42.5 Å². The number of phenols is 1. The number of hydrogen-bond donors (Lipinski definition) is 2. The molecule has 2 aromatic rings. The molecule has 0 fully saturated rings. The number of methoxy groups -OCH3 is 1. The quantitative estimate of drug-likeness (QED) is 0.881. The lowest BCUT2D eigenvalue weighted by molar-refractivity contribution is 0.406. The molecule has 0 heterocycles. The predicted molar refractivity (Wildman–Crippen MR) is 73.1 cm³/mol. The molecule has 1 atom stereocenters. The molecular weight excluding hydrogens is 245 g/mol. The Morgan fingerprint density at radius 3 is 2.63 bits per heavy atom. The number of benzene rings is 2. The summed E-state index contributed by atoms with van der Waals surface area (Å²) in [4.78, 5) is 0. The Morgan fingerprint density at radius 1 is 1.21 bits per heavy atom. The molecule has 4 heteroatoms. The highest BCUT2D eigenvalue weighted by molar-refractivity contribution is 5.49. The molecule has 19 heavy (non-hydrogen) atoms. The second-order valence-electron chi connectivity index (χ2n) is 4.30. The Kier molecular flexibility index (Phi) is 3.90. The van der Waals surface area contributed by atoms with Crippen LogP contribution in [0.5, 0.6) is 11.5 Å². The van der Waals surface area contributed by atoms with Gasteiger partial charge in [0.2, 0.25) is 0 Å². The van der Waals surface area contributed by atoms with Gasteiger partial charge in [0.25, 0.3) is 0 Å². The minimum atomic E-state index is -0.295. The van der Waals surface area contributed by atoms with Crippen LogP contribution in [-0.2, 0) is 0 Å². The predicted octanol–water partition coefficient (Wildman–Crippen LogP) is 3.71. The number of anilines is 1. The Bertz CT molecular complexity index is 572. The summed E-state index contributed by atoms with van der Waals surface area (Å²) in [6.07, 6.45) is 0. The summed E-state index contributed by atoms with van der Waals surface area (Å²) in [5, 5.41) is 13.1. The fourth-order valence-corrected chi connectivity index (χ4v) is 1.92. The largest absolute Gasteiger partial charge is 0.507 e. The zero-order chi connectivity index (χ0) is 13.8. The first kappa shape index (κ1) is 13.2. The van der Waals surface area contributed by atoms with E-state index in [1.54, 1.807) is 37.4 Å². The van der Waals surface area contributed by atoms with Gasteiger partial charge in [0.05, 0.1) is 13.2 Å². The first-order chi connectivity index (χ1) is 9.10. The fourth-order valence-electron chi connectivity index (χ4n) is 1.92. The van der Waals surface area contributed by atoms with Crippen molar-refractivity contribution in [2.24, 2.45) is 0 Å². The maximum atomic E-state index is 13.1. The topological polar surface area (TPSA) is 41.5 Å². The second-order valence-corrected chi connectivity index (χ2v) is 4.30. The summed E-state index contributed by atoms with van der Waals surface area (Å²) in [5.74, 6) is 0.450. The number of nitrogens with one attached hydrogen (secondary N) is 1. The van der Waals surface area contributed by atoms with Crippen LogP contribution in [0.4, 0.5) is 10.1 Å². The van der Waals surface area contributed by atoms with Gasteiger partial charge in [0, 0.05) is 17.3 Å². The zero-order valence-electron chi connectivity index (χ0n) is 10.9. The van der Waals surface area contributed by atoms with Crippen LogP contribution in [0, 0.1) is 5.82 Å². The van der Waals surface area contributed by atoms with E-state index in [4.69, 9.17) is 4.74 Å². The number of ether oxygens (including phenoxy) is 1. The highest BCUT2D eigenvalue weighted by Crippen LogP contribution is 2.30. The normalized spacial score (nSPS) is 11.9. The minimum absolute atomic E-state index is 0.146. The molecule has 0 aliphatic heterocycles. The van der Waals surface area contributed by atoms with Gasteiger partial charge in [-0.3, -0.25) is 0 Å². The molecule has 0 saturated heterocycles. The number of rotatable bonds is 4. The van der Waals surface area contributed by atoms with Crippen LogP contribution in [0.3, 0.4) is 0 Å². The average Bonchev–Trinajstić information content (AvgIpc) is 2.38. The van der Waals surface area contributed by atoms with Crippen molar-refractivity contribution in [1.82, 2.24) is 0 Å². The summed E-state index contributed by atoms with van der Waals surface area (Å²) in [6.45, 7) is 1.90. The lowest BCUT2D eigenvalue weighted by Crippen LogP contribution is -2.07. The number of phenolic OH excluding ortho intramolecular Hbond substituents is 1. The van der Waals surface area contributed by atoms with Crippen molar-refractivity contribution in [2.75, 3.05) is 12.4 Å². The van der Waals surface area contributed by atoms with Gasteiger partial charge in [-0.05, 0) is 37.3 Å². The maximum Gasteiger partial charge on any atom is 0.125 e. The van der Waals surface area contributed by atoms with E-state index in [0.717, 1.165) is 5.56 Å². The molecule has 0 amide bonds. The molecule has 3 nitrogen and oxygen atoms in total. The third-order valence-corrected chi connectivity index (χ3v) is 2.91. The summed E-state index contributed by atoms with van der Waals surface area (Å²) in [6, 6.07) is 11.2. The average molecular weight is 261 g/mol. The Morgan fingerprint density at radius 2 is 2.00 bits per heavy atom. The molecule has 2 aromatic carbocycles. The van der Waals surface area contributed by atoms with Crippen LogP contribution in [-0.4, -0.2) is 12.2 Å². The summed E-state index contributed by atoms with van der Waals surface area (Å²) < 4.78 is 18.1. The van der Waals surface area contributed by atoms with Crippen molar-refractivity contribution in [2.45, 2.75) is 13.0 Å². The van der Waals surface area contributed by atoms with Gasteiger partial charge in [-0.15, -0.1) is 0 Å². The molecule has 0 aliphatic carbocycles. The fraction of sp³-hybridized carbons (Fsp3) is 0.200. The van der Waals surface area contributed by atoms with Crippen molar-refractivity contribution in [3.05, 3.63) is 53.8 Å². The van der Waals surface area contributed by atoms with Crippen molar-refractivity contribution in [3.8, 4) is 11.5 Å². The molecule has 0 spiro atoms. The van der Waals surface area contributed by atoms with Crippen LogP contribution in [0.2, 0.25) is 0 Å². The van der Waals surface area contributed by atoms with Crippen molar-refractivity contribution in [3.63, 3.8) is 0 Å². The van der Waals surface area contributed by atoms with Gasteiger partial charge in [-0.1, -0.05) is 6.07 Å². The zero-order valence-corrected chi connectivity index (χ0v) is 10.9. The van der Waals surface area contributed by atoms with Gasteiger partial charge in [0.1, 0.15) is 17.3 Å². The van der Waals surface area contributed by atoms with Crippen LogP contribution in [0.25, 0.3) is 0 Å². The first-order valence-electron chi connectivity index (χ1n) is 5.99. The van der Waals surface area contributed by atoms with E-state index < -0.39 is 0 Å². The molecule has 100 valence electrons. The molecule has 0 radical (unpaired) electrons. The first-order valence-corrected chi connectivity index (χ1v) is 5.99. The Balaban J connectivity index is 2.18. The molecule has 1 unspecified atom stereocenters. The van der Waals surface area contributed by atoms with Gasteiger partial charge in [-0.25, -0.2) is 4.39 Å². The van der Waals surface area contributed by atoms with Crippen molar-refractivity contribution in [1.29, 1.82) is 0 Å². The SMILES string of the molecule is COc1ccc(C(C)Nc2cccc(F)c2)c(O)c1. The highest BCUT2D eigenvalue weighted by Gasteiger charge is 2.11. The monoisotopic (exact) mass is 261 g/mol. The van der Waals surface area contributed by atoms with Gasteiger partial charge in [-0.2, -0.15) is 0 Å². The third kappa shape index (κ3) is 3.16. The van der Waals surface area contributed by atoms with Gasteiger partial charge < -0.3 is 15.2 Å². The van der Waals surface area contributed by atoms with E-state index in [0.29, 0.717) is 11.4 Å². The smallest absolute Gasteiger partial charge is 0.125 e. The summed E-state index contributed by atoms with van der Waals surface area (Å²) in [5.41, 5.74) is 1.40. The molecule has 0 aromatic heterocycles. The molecule has 2 N–H and O–H groups in total.